The SMILES string of the molecule is Cc1ccc(Cl)cc1N(CC(=O)N(Cc1cccc(Cl)c1)[C@H](C)C(=O)NC1CCCC1)S(=O)(=O)c1ccccc1. The molecule has 0 aliphatic heterocycles. The van der Waals surface area contributed by atoms with Crippen molar-refractivity contribution in [3.8, 4) is 0 Å². The highest BCUT2D eigenvalue weighted by atomic mass is 35.5. The molecule has 3 aromatic carbocycles. The Morgan fingerprint density at radius 2 is 1.62 bits per heavy atom. The Balaban J connectivity index is 1.71. The van der Waals surface area contributed by atoms with E-state index in [4.69, 9.17) is 23.2 Å². The molecule has 0 radical (unpaired) electrons. The third-order valence-corrected chi connectivity index (χ3v) is 9.40. The highest BCUT2D eigenvalue weighted by Gasteiger charge is 2.34. The van der Waals surface area contributed by atoms with Crippen molar-refractivity contribution in [1.82, 2.24) is 10.2 Å². The summed E-state index contributed by atoms with van der Waals surface area (Å²) in [6.07, 6.45) is 3.90. The van der Waals surface area contributed by atoms with E-state index in [0.29, 0.717) is 15.6 Å². The first-order valence-electron chi connectivity index (χ1n) is 13.2. The molecule has 0 bridgehead atoms. The first-order chi connectivity index (χ1) is 19.1. The molecule has 1 fully saturated rings. The molecule has 2 amide bonds. The van der Waals surface area contributed by atoms with E-state index in [0.717, 1.165) is 35.6 Å². The second-order valence-corrected chi connectivity index (χ2v) is 12.8. The van der Waals surface area contributed by atoms with Gasteiger partial charge in [-0.05, 0) is 74.2 Å². The van der Waals surface area contributed by atoms with Crippen molar-refractivity contribution >= 4 is 50.7 Å². The van der Waals surface area contributed by atoms with Crippen LogP contribution in [0.5, 0.6) is 0 Å². The lowest BCUT2D eigenvalue weighted by molar-refractivity contribution is -0.139. The second kappa shape index (κ2) is 13.1. The molecule has 0 heterocycles. The standard InChI is InChI=1S/C30H33Cl2N3O4S/c1-21-15-16-25(32)18-28(21)35(40(38,39)27-13-4-3-5-14-27)20-29(36)34(19-23-9-8-10-24(31)17-23)22(2)30(37)33-26-11-6-7-12-26/h3-5,8-10,13-18,22,26H,6-7,11-12,19-20H2,1-2H3,(H,33,37)/t22-/m1/s1. The predicted octanol–water partition coefficient (Wildman–Crippen LogP) is 5.97. The molecule has 1 atom stereocenters. The number of carbonyl (C=O) groups is 2. The zero-order valence-corrected chi connectivity index (χ0v) is 24.8. The maximum Gasteiger partial charge on any atom is 0.264 e. The summed E-state index contributed by atoms with van der Waals surface area (Å²) in [5, 5.41) is 3.89. The smallest absolute Gasteiger partial charge is 0.264 e. The summed E-state index contributed by atoms with van der Waals surface area (Å²) in [5.41, 5.74) is 1.64. The Hall–Kier alpha value is -3.07. The molecular formula is C30H33Cl2N3O4S. The molecule has 1 aliphatic rings. The normalized spacial score (nSPS) is 14.5. The van der Waals surface area contributed by atoms with Crippen molar-refractivity contribution in [3.05, 3.63) is 94.0 Å². The van der Waals surface area contributed by atoms with Gasteiger partial charge in [-0.15, -0.1) is 0 Å². The zero-order chi connectivity index (χ0) is 28.9. The van der Waals surface area contributed by atoms with Gasteiger partial charge in [0.15, 0.2) is 0 Å². The molecule has 40 heavy (non-hydrogen) atoms. The number of rotatable bonds is 10. The van der Waals surface area contributed by atoms with Gasteiger partial charge < -0.3 is 10.2 Å². The molecule has 0 saturated heterocycles. The van der Waals surface area contributed by atoms with Crippen LogP contribution in [-0.2, 0) is 26.2 Å². The average molecular weight is 603 g/mol. The second-order valence-electron chi connectivity index (χ2n) is 10.1. The summed E-state index contributed by atoms with van der Waals surface area (Å²) in [6.45, 7) is 2.96. The Morgan fingerprint density at radius 3 is 2.30 bits per heavy atom. The Labute approximate surface area is 246 Å². The Morgan fingerprint density at radius 1 is 0.950 bits per heavy atom. The monoisotopic (exact) mass is 601 g/mol. The molecule has 0 unspecified atom stereocenters. The van der Waals surface area contributed by atoms with Crippen molar-refractivity contribution in [3.63, 3.8) is 0 Å². The summed E-state index contributed by atoms with van der Waals surface area (Å²) in [4.78, 5) is 28.8. The van der Waals surface area contributed by atoms with Gasteiger partial charge in [0.25, 0.3) is 10.0 Å². The van der Waals surface area contributed by atoms with E-state index in [9.17, 15) is 18.0 Å². The fraction of sp³-hybridized carbons (Fsp3) is 0.333. The highest BCUT2D eigenvalue weighted by Crippen LogP contribution is 2.30. The van der Waals surface area contributed by atoms with Crippen LogP contribution >= 0.6 is 23.2 Å². The van der Waals surface area contributed by atoms with Gasteiger partial charge >= 0.3 is 0 Å². The van der Waals surface area contributed by atoms with Gasteiger partial charge in [-0.25, -0.2) is 8.42 Å². The molecule has 1 saturated carbocycles. The minimum absolute atomic E-state index is 0.0376. The number of nitrogens with zero attached hydrogens (tertiary/aromatic N) is 2. The number of hydrogen-bond acceptors (Lipinski definition) is 4. The third-order valence-electron chi connectivity index (χ3n) is 7.16. The maximum absolute atomic E-state index is 14.0. The topological polar surface area (TPSA) is 86.8 Å². The maximum atomic E-state index is 14.0. The molecule has 1 aliphatic carbocycles. The number of amides is 2. The minimum Gasteiger partial charge on any atom is -0.352 e. The van der Waals surface area contributed by atoms with Gasteiger partial charge in [-0.2, -0.15) is 0 Å². The molecule has 212 valence electrons. The van der Waals surface area contributed by atoms with Crippen molar-refractivity contribution in [1.29, 1.82) is 0 Å². The van der Waals surface area contributed by atoms with Crippen LogP contribution in [-0.4, -0.2) is 43.8 Å². The number of anilines is 1. The van der Waals surface area contributed by atoms with Gasteiger partial charge in [0.05, 0.1) is 10.6 Å². The first kappa shape index (κ1) is 29.9. The van der Waals surface area contributed by atoms with Crippen LogP contribution < -0.4 is 9.62 Å². The number of hydrogen-bond donors (Lipinski definition) is 1. The lowest BCUT2D eigenvalue weighted by Crippen LogP contribution is -2.52. The molecule has 0 spiro atoms. The van der Waals surface area contributed by atoms with Crippen molar-refractivity contribution in [2.24, 2.45) is 0 Å². The van der Waals surface area contributed by atoms with E-state index < -0.39 is 28.5 Å². The van der Waals surface area contributed by atoms with E-state index in [1.54, 1.807) is 62.4 Å². The van der Waals surface area contributed by atoms with E-state index in [-0.39, 0.29) is 29.1 Å². The summed E-state index contributed by atoms with van der Waals surface area (Å²) < 4.78 is 28.9. The minimum atomic E-state index is -4.16. The predicted molar refractivity (Wildman–Crippen MR) is 159 cm³/mol. The zero-order valence-electron chi connectivity index (χ0n) is 22.5. The van der Waals surface area contributed by atoms with E-state index in [1.807, 2.05) is 6.07 Å². The lowest BCUT2D eigenvalue weighted by atomic mass is 10.1. The highest BCUT2D eigenvalue weighted by molar-refractivity contribution is 7.92. The fourth-order valence-electron chi connectivity index (χ4n) is 4.89. The largest absolute Gasteiger partial charge is 0.352 e. The molecule has 3 aromatic rings. The average Bonchev–Trinajstić information content (AvgIpc) is 3.45. The lowest BCUT2D eigenvalue weighted by Gasteiger charge is -2.33. The number of nitrogens with one attached hydrogen (secondary N) is 1. The van der Waals surface area contributed by atoms with Gasteiger partial charge in [0.1, 0.15) is 12.6 Å². The quantitative estimate of drug-likeness (QED) is 0.310. The van der Waals surface area contributed by atoms with Crippen LogP contribution in [0, 0.1) is 6.92 Å². The summed E-state index contributed by atoms with van der Waals surface area (Å²) in [6, 6.07) is 19.1. The first-order valence-corrected chi connectivity index (χ1v) is 15.4. The van der Waals surface area contributed by atoms with Gasteiger partial charge in [-0.3, -0.25) is 13.9 Å². The number of halogens is 2. The van der Waals surface area contributed by atoms with Gasteiger partial charge in [-0.1, -0.05) is 72.4 Å². The number of carbonyl (C=O) groups excluding carboxylic acids is 2. The fourth-order valence-corrected chi connectivity index (χ4v) is 6.76. The summed E-state index contributed by atoms with van der Waals surface area (Å²) in [7, 11) is -4.16. The molecule has 0 aromatic heterocycles. The van der Waals surface area contributed by atoms with Crippen LogP contribution in [0.2, 0.25) is 10.0 Å². The van der Waals surface area contributed by atoms with Crippen molar-refractivity contribution in [2.75, 3.05) is 10.8 Å². The summed E-state index contributed by atoms with van der Waals surface area (Å²) >= 11 is 12.5. The van der Waals surface area contributed by atoms with Crippen LogP contribution in [0.4, 0.5) is 5.69 Å². The van der Waals surface area contributed by atoms with E-state index >= 15 is 0 Å². The van der Waals surface area contributed by atoms with Crippen LogP contribution in [0.1, 0.15) is 43.7 Å². The van der Waals surface area contributed by atoms with Crippen LogP contribution in [0.25, 0.3) is 0 Å². The molecule has 1 N–H and O–H groups in total. The molecule has 7 nitrogen and oxygen atoms in total. The van der Waals surface area contributed by atoms with Crippen LogP contribution in [0.15, 0.2) is 77.7 Å². The summed E-state index contributed by atoms with van der Waals surface area (Å²) in [5.74, 6) is -0.813. The van der Waals surface area contributed by atoms with Gasteiger partial charge in [0, 0.05) is 22.6 Å². The van der Waals surface area contributed by atoms with Crippen molar-refractivity contribution < 1.29 is 18.0 Å². The molecule has 10 heteroatoms. The molecule has 4 rings (SSSR count). The van der Waals surface area contributed by atoms with Gasteiger partial charge in [0.2, 0.25) is 11.8 Å². The van der Waals surface area contributed by atoms with E-state index in [2.05, 4.69) is 5.32 Å². The molecular weight excluding hydrogens is 569 g/mol. The Bertz CT molecular complexity index is 1460. The number of sulfonamides is 1. The third kappa shape index (κ3) is 7.16. The van der Waals surface area contributed by atoms with Crippen LogP contribution in [0.3, 0.4) is 0 Å². The van der Waals surface area contributed by atoms with E-state index in [1.165, 1.54) is 23.1 Å². The van der Waals surface area contributed by atoms with Crippen molar-refractivity contribution in [2.45, 2.75) is 63.1 Å². The number of aryl methyl sites for hydroxylation is 1. The number of benzene rings is 3. The Kier molecular flexibility index (Phi) is 9.77.